The third kappa shape index (κ3) is 8.12. The van der Waals surface area contributed by atoms with Crippen LogP contribution in [0.3, 0.4) is 0 Å². The number of nitriles is 1. The zero-order chi connectivity index (χ0) is 39.7. The Kier molecular flexibility index (Phi) is 11.4. The number of aliphatic carboxylic acids is 1. The first-order chi connectivity index (χ1) is 26.8. The summed E-state index contributed by atoms with van der Waals surface area (Å²) in [6.45, 7) is 7.34. The van der Waals surface area contributed by atoms with Crippen LogP contribution >= 0.6 is 11.6 Å². The molecule has 4 atom stereocenters. The van der Waals surface area contributed by atoms with Crippen LogP contribution in [0.2, 0.25) is 5.02 Å². The van der Waals surface area contributed by atoms with Crippen molar-refractivity contribution in [2.24, 2.45) is 10.4 Å². The first-order valence-electron chi connectivity index (χ1n) is 19.2. The maximum absolute atomic E-state index is 12.0. The van der Waals surface area contributed by atoms with Crippen LogP contribution in [0.4, 0.5) is 0 Å². The Morgan fingerprint density at radius 2 is 1.73 bits per heavy atom. The average Bonchev–Trinajstić information content (AvgIpc) is 3.78. The number of hydrogen-bond donors (Lipinski definition) is 2. The number of carboxylic acid groups (broad SMARTS) is 1. The summed E-state index contributed by atoms with van der Waals surface area (Å²) in [7, 11) is 4.31. The molecule has 0 bridgehead atoms. The Hall–Kier alpha value is -4.98. The predicted octanol–water partition coefficient (Wildman–Crippen LogP) is 8.36. The van der Waals surface area contributed by atoms with Crippen molar-refractivity contribution in [2.75, 3.05) is 33.8 Å². The summed E-state index contributed by atoms with van der Waals surface area (Å²) >= 11 is 6.87. The highest BCUT2D eigenvalue weighted by atomic mass is 35.5. The lowest BCUT2D eigenvalue weighted by Crippen LogP contribution is -2.35. The van der Waals surface area contributed by atoms with E-state index in [0.29, 0.717) is 34.7 Å². The molecule has 0 amide bonds. The van der Waals surface area contributed by atoms with Gasteiger partial charge in [0.05, 0.1) is 29.2 Å². The first-order valence-corrected chi connectivity index (χ1v) is 19.6. The topological polar surface area (TPSA) is 119 Å². The molecule has 56 heavy (non-hydrogen) atoms. The van der Waals surface area contributed by atoms with Gasteiger partial charge in [0.1, 0.15) is 30.8 Å². The number of nitrogens with zero attached hydrogens (tertiary/aromatic N) is 4. The quantitative estimate of drug-likeness (QED) is 0.148. The lowest BCUT2D eigenvalue weighted by atomic mass is 9.89. The van der Waals surface area contributed by atoms with E-state index >= 15 is 0 Å². The number of ether oxygens (including phenoxy) is 2. The van der Waals surface area contributed by atoms with Crippen molar-refractivity contribution < 1.29 is 24.5 Å². The number of halogens is 1. The van der Waals surface area contributed by atoms with Crippen LogP contribution in [-0.2, 0) is 24.4 Å². The van der Waals surface area contributed by atoms with Gasteiger partial charge in [-0.1, -0.05) is 72.3 Å². The molecule has 290 valence electrons. The number of hydrogen-bond acceptors (Lipinski definition) is 8. The van der Waals surface area contributed by atoms with E-state index in [9.17, 15) is 20.3 Å². The molecule has 2 aliphatic heterocycles. The minimum absolute atomic E-state index is 0.140. The molecule has 1 saturated heterocycles. The molecule has 3 aliphatic rings. The number of aliphatic hydroxyl groups is 1. The maximum Gasteiger partial charge on any atom is 0.321 e. The third-order valence-electron chi connectivity index (χ3n) is 11.6. The van der Waals surface area contributed by atoms with E-state index in [1.54, 1.807) is 23.2 Å². The van der Waals surface area contributed by atoms with Gasteiger partial charge in [-0.25, -0.2) is 0 Å². The SMILES string of the molecule is Cc1c(COc2cc(OCC3=CC(C)(C#N)CN=C3)c(CN3C[C@@H](O)C[C@H]3C(=O)O)cc2Cl)cccc1-c1cccc(-c2ccc3c(c2)CC[C@H]3N(C)C)c1C. The fourth-order valence-electron chi connectivity index (χ4n) is 8.45. The van der Waals surface area contributed by atoms with Crippen LogP contribution in [0.15, 0.2) is 83.4 Å². The van der Waals surface area contributed by atoms with Gasteiger partial charge >= 0.3 is 5.97 Å². The second-order valence-corrected chi connectivity index (χ2v) is 16.3. The number of rotatable bonds is 12. The Morgan fingerprint density at radius 3 is 2.48 bits per heavy atom. The molecule has 4 aromatic carbocycles. The lowest BCUT2D eigenvalue weighted by molar-refractivity contribution is -0.142. The number of aliphatic imine (C=N–C) groups is 1. The van der Waals surface area contributed by atoms with Crippen molar-refractivity contribution in [3.8, 4) is 39.8 Å². The second kappa shape index (κ2) is 16.2. The Labute approximate surface area is 334 Å². The van der Waals surface area contributed by atoms with E-state index in [0.717, 1.165) is 35.1 Å². The smallest absolute Gasteiger partial charge is 0.321 e. The van der Waals surface area contributed by atoms with Crippen molar-refractivity contribution in [2.45, 2.75) is 71.4 Å². The highest BCUT2D eigenvalue weighted by Crippen LogP contribution is 2.40. The summed E-state index contributed by atoms with van der Waals surface area (Å²) in [5.74, 6) is -0.100. The molecule has 9 nitrogen and oxygen atoms in total. The molecule has 7 rings (SSSR count). The third-order valence-corrected chi connectivity index (χ3v) is 11.9. The molecule has 2 heterocycles. The van der Waals surface area contributed by atoms with Crippen LogP contribution < -0.4 is 9.47 Å². The molecule has 0 radical (unpaired) electrons. The van der Waals surface area contributed by atoms with E-state index in [2.05, 4.69) is 98.5 Å². The van der Waals surface area contributed by atoms with Gasteiger partial charge in [-0.15, -0.1) is 0 Å². The molecule has 2 N–H and O–H groups in total. The largest absolute Gasteiger partial charge is 0.488 e. The first kappa shape index (κ1) is 39.3. The molecule has 4 aromatic rings. The summed E-state index contributed by atoms with van der Waals surface area (Å²) in [5.41, 5.74) is 11.7. The Balaban J connectivity index is 1.14. The zero-order valence-corrected chi connectivity index (χ0v) is 33.4. The monoisotopic (exact) mass is 772 g/mol. The number of benzene rings is 4. The number of carbonyl (C=O) groups is 1. The van der Waals surface area contributed by atoms with Gasteiger partial charge in [-0.2, -0.15) is 5.26 Å². The van der Waals surface area contributed by atoms with Crippen LogP contribution in [0.1, 0.15) is 59.2 Å². The molecule has 0 saturated carbocycles. The predicted molar refractivity (Wildman–Crippen MR) is 220 cm³/mol. The van der Waals surface area contributed by atoms with Crippen LogP contribution in [-0.4, -0.2) is 78.1 Å². The van der Waals surface area contributed by atoms with Gasteiger partial charge in [-0.05, 0) is 104 Å². The molecule has 1 aliphatic carbocycles. The van der Waals surface area contributed by atoms with Gasteiger partial charge in [0, 0.05) is 49.0 Å². The van der Waals surface area contributed by atoms with Crippen molar-refractivity contribution in [3.63, 3.8) is 0 Å². The summed E-state index contributed by atoms with van der Waals surface area (Å²) in [4.78, 5) is 20.4. The maximum atomic E-state index is 12.0. The Morgan fingerprint density at radius 1 is 1.00 bits per heavy atom. The van der Waals surface area contributed by atoms with Crippen LogP contribution in [0.5, 0.6) is 11.5 Å². The highest BCUT2D eigenvalue weighted by molar-refractivity contribution is 6.32. The van der Waals surface area contributed by atoms with Crippen molar-refractivity contribution in [1.29, 1.82) is 5.26 Å². The van der Waals surface area contributed by atoms with Gasteiger partial charge in [0.15, 0.2) is 0 Å². The number of fused-ring (bicyclic) bond motifs is 1. The molecule has 0 spiro atoms. The second-order valence-electron chi connectivity index (χ2n) is 15.9. The van der Waals surface area contributed by atoms with Gasteiger partial charge in [-0.3, -0.25) is 14.7 Å². The number of dihydropyridines is 1. The zero-order valence-electron chi connectivity index (χ0n) is 32.7. The molecule has 1 fully saturated rings. The summed E-state index contributed by atoms with van der Waals surface area (Å²) < 4.78 is 12.8. The molecule has 10 heteroatoms. The summed E-state index contributed by atoms with van der Waals surface area (Å²) in [6, 6.07) is 25.2. The van der Waals surface area contributed by atoms with Crippen molar-refractivity contribution in [1.82, 2.24) is 9.80 Å². The molecular weight excluding hydrogens is 724 g/mol. The van der Waals surface area contributed by atoms with E-state index in [1.807, 2.05) is 13.0 Å². The van der Waals surface area contributed by atoms with E-state index in [1.165, 1.54) is 33.4 Å². The Bertz CT molecular complexity index is 2260. The van der Waals surface area contributed by atoms with Gasteiger partial charge in [0.25, 0.3) is 0 Å². The standard InChI is InChI=1S/C46H49ClN4O5/c1-28-33(8-6-10-37(28)38-11-7-9-36(29(38)2)31-12-14-39-32(16-31)13-15-41(39)50(4)5)25-56-44-19-43(55-24-30-20-46(3,26-48)27-49-21-30)34(17-40(44)47)22-51-23-35(52)18-42(51)45(53)54/h6-12,14,16-17,19-21,35,41-42,52H,13,15,18,22-25,27H2,1-5H3,(H,53,54)/t35-,41+,42-,46?/m0/s1. The number of β-amino-alcohol motifs (C(OH)–C–C–N with tert-alkyl or cyclic N) is 1. The minimum Gasteiger partial charge on any atom is -0.488 e. The number of aliphatic hydroxyl groups excluding tert-OH is 1. The number of likely N-dealkylation sites (tertiary alicyclic amines) is 1. The van der Waals surface area contributed by atoms with E-state index in [-0.39, 0.29) is 32.7 Å². The van der Waals surface area contributed by atoms with E-state index < -0.39 is 23.5 Å². The van der Waals surface area contributed by atoms with Crippen molar-refractivity contribution in [3.05, 3.63) is 117 Å². The lowest BCUT2D eigenvalue weighted by Gasteiger charge is -2.24. The van der Waals surface area contributed by atoms with Gasteiger partial charge < -0.3 is 24.6 Å². The summed E-state index contributed by atoms with van der Waals surface area (Å²) in [6.07, 6.45) is 5.22. The molecule has 0 aromatic heterocycles. The molecule has 1 unspecified atom stereocenters. The average molecular weight is 773 g/mol. The molecular formula is C46H49ClN4O5. The van der Waals surface area contributed by atoms with E-state index in [4.69, 9.17) is 21.1 Å². The number of carboxylic acids is 1. The highest BCUT2D eigenvalue weighted by Gasteiger charge is 2.36. The minimum atomic E-state index is -0.990. The normalized spacial score (nSPS) is 21.8. The van der Waals surface area contributed by atoms with Gasteiger partial charge in [0.2, 0.25) is 0 Å². The summed E-state index contributed by atoms with van der Waals surface area (Å²) in [5, 5.41) is 30.2. The fourth-order valence-corrected chi connectivity index (χ4v) is 8.69. The van der Waals surface area contributed by atoms with Crippen molar-refractivity contribution >= 4 is 23.8 Å². The van der Waals surface area contributed by atoms with Crippen LogP contribution in [0, 0.1) is 30.6 Å². The number of aryl methyl sites for hydroxylation is 1. The fraction of sp³-hybridized carbons (Fsp3) is 0.370. The van der Waals surface area contributed by atoms with Crippen LogP contribution in [0.25, 0.3) is 22.3 Å².